The van der Waals surface area contributed by atoms with Gasteiger partial charge in [0.25, 0.3) is 11.6 Å². The number of hydrogen-bond acceptors (Lipinski definition) is 7. The highest BCUT2D eigenvalue weighted by atomic mass is 16.6. The molecule has 2 bridgehead atoms. The highest BCUT2D eigenvalue weighted by Gasteiger charge is 2.51. The molecule has 9 nitrogen and oxygen atoms in total. The smallest absolute Gasteiger partial charge is 0.345 e. The molecular weight excluding hydrogens is 392 g/mol. The predicted molar refractivity (Wildman–Crippen MR) is 108 cm³/mol. The SMILES string of the molecule is COc1cc(C(=O)OCC(=O)N2C[C@@]3(C)C[C@H]2CC(C)(C)C3)c([N+](=O)[O-])cc1OC. The molecule has 0 radical (unpaired) electrons. The van der Waals surface area contributed by atoms with Crippen LogP contribution >= 0.6 is 0 Å². The lowest BCUT2D eigenvalue weighted by molar-refractivity contribution is -0.385. The Morgan fingerprint density at radius 3 is 2.40 bits per heavy atom. The van der Waals surface area contributed by atoms with Crippen LogP contribution in [0.25, 0.3) is 0 Å². The zero-order chi connectivity index (χ0) is 22.3. The first kappa shape index (κ1) is 21.9. The normalized spacial score (nSPS) is 24.3. The van der Waals surface area contributed by atoms with E-state index in [1.165, 1.54) is 20.3 Å². The molecule has 0 unspecified atom stereocenters. The van der Waals surface area contributed by atoms with Gasteiger partial charge in [0.05, 0.1) is 25.2 Å². The summed E-state index contributed by atoms with van der Waals surface area (Å²) in [5, 5.41) is 11.4. The Morgan fingerprint density at radius 1 is 1.17 bits per heavy atom. The number of nitrogens with zero attached hydrogens (tertiary/aromatic N) is 2. The molecule has 1 saturated carbocycles. The van der Waals surface area contributed by atoms with E-state index in [-0.39, 0.29) is 39.8 Å². The van der Waals surface area contributed by atoms with Gasteiger partial charge in [-0.1, -0.05) is 20.8 Å². The van der Waals surface area contributed by atoms with Gasteiger partial charge in [-0.05, 0) is 30.1 Å². The van der Waals surface area contributed by atoms with E-state index >= 15 is 0 Å². The second-order valence-corrected chi connectivity index (χ2v) is 9.29. The van der Waals surface area contributed by atoms with Crippen LogP contribution in [0, 0.1) is 20.9 Å². The van der Waals surface area contributed by atoms with Crippen LogP contribution < -0.4 is 9.47 Å². The van der Waals surface area contributed by atoms with Crippen molar-refractivity contribution in [3.8, 4) is 11.5 Å². The van der Waals surface area contributed by atoms with Crippen LogP contribution in [0.5, 0.6) is 11.5 Å². The summed E-state index contributed by atoms with van der Waals surface area (Å²) in [7, 11) is 2.70. The van der Waals surface area contributed by atoms with Crippen LogP contribution in [0.15, 0.2) is 12.1 Å². The van der Waals surface area contributed by atoms with E-state index < -0.39 is 23.2 Å². The largest absolute Gasteiger partial charge is 0.493 e. The molecule has 1 heterocycles. The topological polar surface area (TPSA) is 108 Å². The predicted octanol–water partition coefficient (Wildman–Crippen LogP) is 3.20. The number of nitro groups is 1. The number of nitro benzene ring substituents is 1. The molecule has 0 aromatic heterocycles. The van der Waals surface area contributed by atoms with Crippen LogP contribution in [-0.2, 0) is 9.53 Å². The molecule has 2 atom stereocenters. The van der Waals surface area contributed by atoms with Gasteiger partial charge in [-0.15, -0.1) is 0 Å². The number of esters is 1. The van der Waals surface area contributed by atoms with Gasteiger partial charge in [0.1, 0.15) is 5.56 Å². The van der Waals surface area contributed by atoms with Gasteiger partial charge in [0.2, 0.25) is 0 Å². The third kappa shape index (κ3) is 4.20. The highest BCUT2D eigenvalue weighted by molar-refractivity contribution is 5.96. The number of likely N-dealkylation sites (tertiary alicyclic amines) is 1. The molecule has 1 amide bonds. The number of amides is 1. The molecule has 0 N–H and O–H groups in total. The molecule has 1 aliphatic carbocycles. The lowest BCUT2D eigenvalue weighted by Gasteiger charge is -2.39. The van der Waals surface area contributed by atoms with Crippen molar-refractivity contribution in [1.29, 1.82) is 0 Å². The quantitative estimate of drug-likeness (QED) is 0.395. The minimum atomic E-state index is -0.954. The van der Waals surface area contributed by atoms with Gasteiger partial charge in [-0.3, -0.25) is 14.9 Å². The fourth-order valence-corrected chi connectivity index (χ4v) is 5.22. The summed E-state index contributed by atoms with van der Waals surface area (Å²) in [4.78, 5) is 37.8. The molecule has 9 heteroatoms. The molecule has 0 spiro atoms. The average molecular weight is 420 g/mol. The summed E-state index contributed by atoms with van der Waals surface area (Å²) >= 11 is 0. The van der Waals surface area contributed by atoms with Crippen LogP contribution in [0.4, 0.5) is 5.69 Å². The molecule has 2 fully saturated rings. The molecule has 30 heavy (non-hydrogen) atoms. The minimum absolute atomic E-state index is 0.0637. The van der Waals surface area contributed by atoms with Gasteiger partial charge >= 0.3 is 5.97 Å². The molecule has 1 aromatic rings. The van der Waals surface area contributed by atoms with Crippen LogP contribution in [0.1, 0.15) is 50.4 Å². The number of benzene rings is 1. The summed E-state index contributed by atoms with van der Waals surface area (Å²) in [5.41, 5.74) is -0.548. The van der Waals surface area contributed by atoms with Gasteiger partial charge in [0.15, 0.2) is 18.1 Å². The first-order valence-corrected chi connectivity index (χ1v) is 9.86. The standard InChI is InChI=1S/C21H28N2O7/c1-20(2)8-13-9-21(3,11-20)12-22(13)18(24)10-30-19(25)14-6-16(28-4)17(29-5)7-15(14)23(26)27/h6-7,13H,8-12H2,1-5H3/t13-,21+/m1/s1. The first-order valence-electron chi connectivity index (χ1n) is 9.86. The Kier molecular flexibility index (Phi) is 5.66. The molecule has 1 saturated heterocycles. The van der Waals surface area contributed by atoms with Gasteiger partial charge in [0, 0.05) is 18.7 Å². The van der Waals surface area contributed by atoms with E-state index in [1.54, 1.807) is 4.90 Å². The Balaban J connectivity index is 1.73. The van der Waals surface area contributed by atoms with E-state index in [1.807, 2.05) is 0 Å². The van der Waals surface area contributed by atoms with Crippen molar-refractivity contribution in [2.75, 3.05) is 27.4 Å². The van der Waals surface area contributed by atoms with Crippen LogP contribution in [0.3, 0.4) is 0 Å². The fraction of sp³-hybridized carbons (Fsp3) is 0.619. The summed E-state index contributed by atoms with van der Waals surface area (Å²) in [6.07, 6.45) is 2.89. The second kappa shape index (κ2) is 7.77. The lowest BCUT2D eigenvalue weighted by Crippen LogP contribution is -2.39. The van der Waals surface area contributed by atoms with Gasteiger partial charge in [-0.2, -0.15) is 0 Å². The second-order valence-electron chi connectivity index (χ2n) is 9.29. The Labute approximate surface area is 175 Å². The molecule has 164 valence electrons. The van der Waals surface area contributed by atoms with Gasteiger partial charge < -0.3 is 19.1 Å². The number of methoxy groups -OCH3 is 2. The van der Waals surface area contributed by atoms with E-state index in [4.69, 9.17) is 14.2 Å². The van der Waals surface area contributed by atoms with Crippen LogP contribution in [0.2, 0.25) is 0 Å². The van der Waals surface area contributed by atoms with Crippen molar-refractivity contribution in [1.82, 2.24) is 4.90 Å². The molecule has 2 aliphatic rings. The molecule has 1 aliphatic heterocycles. The van der Waals surface area contributed by atoms with Crippen molar-refractivity contribution in [2.24, 2.45) is 10.8 Å². The van der Waals surface area contributed by atoms with Crippen molar-refractivity contribution in [2.45, 2.75) is 46.1 Å². The Bertz CT molecular complexity index is 882. The first-order chi connectivity index (χ1) is 14.0. The highest BCUT2D eigenvalue weighted by Crippen LogP contribution is 2.52. The fourth-order valence-electron chi connectivity index (χ4n) is 5.22. The third-order valence-electron chi connectivity index (χ3n) is 5.98. The maximum Gasteiger partial charge on any atom is 0.345 e. The van der Waals surface area contributed by atoms with E-state index in [0.29, 0.717) is 6.54 Å². The maximum absolute atomic E-state index is 12.8. The lowest BCUT2D eigenvalue weighted by atomic mass is 9.65. The Hall–Kier alpha value is -2.84. The third-order valence-corrected chi connectivity index (χ3v) is 5.98. The Morgan fingerprint density at radius 2 is 1.80 bits per heavy atom. The summed E-state index contributed by atoms with van der Waals surface area (Å²) in [5.74, 6) is -0.954. The van der Waals surface area contributed by atoms with Crippen molar-refractivity contribution in [3.05, 3.63) is 27.8 Å². The zero-order valence-corrected chi connectivity index (χ0v) is 18.0. The van der Waals surface area contributed by atoms with Gasteiger partial charge in [-0.25, -0.2) is 4.79 Å². The molecule has 1 aromatic carbocycles. The van der Waals surface area contributed by atoms with Crippen molar-refractivity contribution >= 4 is 17.6 Å². The number of carbonyl (C=O) groups excluding carboxylic acids is 2. The van der Waals surface area contributed by atoms with Crippen molar-refractivity contribution in [3.63, 3.8) is 0 Å². The van der Waals surface area contributed by atoms with Crippen molar-refractivity contribution < 1.29 is 28.7 Å². The summed E-state index contributed by atoms with van der Waals surface area (Å²) < 4.78 is 15.3. The minimum Gasteiger partial charge on any atom is -0.493 e. The van der Waals surface area contributed by atoms with E-state index in [0.717, 1.165) is 25.3 Å². The summed E-state index contributed by atoms with van der Waals surface area (Å²) in [6, 6.07) is 2.42. The van der Waals surface area contributed by atoms with E-state index in [9.17, 15) is 19.7 Å². The number of ether oxygens (including phenoxy) is 3. The number of carbonyl (C=O) groups is 2. The zero-order valence-electron chi connectivity index (χ0n) is 18.0. The van der Waals surface area contributed by atoms with Crippen LogP contribution in [-0.4, -0.2) is 55.1 Å². The molecule has 3 rings (SSSR count). The maximum atomic E-state index is 12.8. The van der Waals surface area contributed by atoms with E-state index in [2.05, 4.69) is 20.8 Å². The number of hydrogen-bond donors (Lipinski definition) is 0. The molecular formula is C21H28N2O7. The monoisotopic (exact) mass is 420 g/mol. The number of rotatable bonds is 6. The average Bonchev–Trinajstić information content (AvgIpc) is 2.93. The number of fused-ring (bicyclic) bond motifs is 2. The summed E-state index contributed by atoms with van der Waals surface area (Å²) in [6.45, 7) is 6.78.